The number of para-hydroxylation sites is 1. The number of fused-ring (bicyclic) bond motifs is 1. The van der Waals surface area contributed by atoms with Crippen molar-refractivity contribution in [3.8, 4) is 0 Å². The number of amides is 2. The van der Waals surface area contributed by atoms with Gasteiger partial charge in [0.2, 0.25) is 11.8 Å². The molecule has 0 fully saturated rings. The molecular weight excluding hydrogens is 368 g/mol. The Labute approximate surface area is 170 Å². The molecule has 0 unspecified atom stereocenters. The second kappa shape index (κ2) is 8.47. The predicted octanol–water partition coefficient (Wildman–Crippen LogP) is 3.81. The molecule has 0 aliphatic carbocycles. The average molecular weight is 394 g/mol. The van der Waals surface area contributed by atoms with Crippen LogP contribution in [-0.4, -0.2) is 30.9 Å². The van der Waals surface area contributed by atoms with Crippen molar-refractivity contribution in [2.75, 3.05) is 23.4 Å². The Morgan fingerprint density at radius 3 is 2.45 bits per heavy atom. The van der Waals surface area contributed by atoms with Crippen LogP contribution in [0.4, 0.5) is 11.4 Å². The molecule has 0 aromatic heterocycles. The maximum Gasteiger partial charge on any atom is 0.338 e. The average Bonchev–Trinajstić information content (AvgIpc) is 2.73. The van der Waals surface area contributed by atoms with E-state index >= 15 is 0 Å². The second-order valence-corrected chi connectivity index (χ2v) is 7.57. The van der Waals surface area contributed by atoms with Crippen molar-refractivity contribution >= 4 is 29.2 Å². The normalized spacial score (nSPS) is 13.4. The topological polar surface area (TPSA) is 75.7 Å². The molecule has 1 aliphatic heterocycles. The third-order valence-corrected chi connectivity index (χ3v) is 5.11. The van der Waals surface area contributed by atoms with Crippen molar-refractivity contribution < 1.29 is 19.1 Å². The highest BCUT2D eigenvalue weighted by Gasteiger charge is 2.40. The lowest BCUT2D eigenvalue weighted by molar-refractivity contribution is -0.136. The fraction of sp³-hybridized carbons (Fsp3) is 0.348. The lowest BCUT2D eigenvalue weighted by atomic mass is 9.88. The molecule has 6 nitrogen and oxygen atoms in total. The van der Waals surface area contributed by atoms with E-state index in [0.717, 1.165) is 24.1 Å². The largest absolute Gasteiger partial charge is 0.462 e. The molecule has 3 rings (SSSR count). The lowest BCUT2D eigenvalue weighted by Crippen LogP contribution is -2.49. The summed E-state index contributed by atoms with van der Waals surface area (Å²) in [7, 11) is 0. The summed E-state index contributed by atoms with van der Waals surface area (Å²) in [4.78, 5) is 39.6. The van der Waals surface area contributed by atoms with Gasteiger partial charge in [-0.25, -0.2) is 4.79 Å². The van der Waals surface area contributed by atoms with E-state index in [1.54, 1.807) is 49.9 Å². The van der Waals surface area contributed by atoms with Crippen LogP contribution in [0.1, 0.15) is 43.1 Å². The summed E-state index contributed by atoms with van der Waals surface area (Å²) in [6, 6.07) is 14.2. The van der Waals surface area contributed by atoms with Gasteiger partial charge in [-0.2, -0.15) is 0 Å². The molecule has 29 heavy (non-hydrogen) atoms. The van der Waals surface area contributed by atoms with Crippen LogP contribution < -0.4 is 10.2 Å². The number of rotatable bonds is 5. The molecule has 0 spiro atoms. The van der Waals surface area contributed by atoms with E-state index < -0.39 is 17.3 Å². The van der Waals surface area contributed by atoms with Crippen LogP contribution in [0.15, 0.2) is 48.5 Å². The van der Waals surface area contributed by atoms with Gasteiger partial charge in [0.1, 0.15) is 5.41 Å². The maximum absolute atomic E-state index is 13.2. The second-order valence-electron chi connectivity index (χ2n) is 7.57. The number of nitrogens with zero attached hydrogens (tertiary/aromatic N) is 1. The van der Waals surface area contributed by atoms with E-state index in [0.29, 0.717) is 24.4 Å². The molecule has 0 radical (unpaired) electrons. The van der Waals surface area contributed by atoms with E-state index in [9.17, 15) is 14.4 Å². The fourth-order valence-corrected chi connectivity index (χ4v) is 3.37. The van der Waals surface area contributed by atoms with Gasteiger partial charge in [0.15, 0.2) is 0 Å². The van der Waals surface area contributed by atoms with Crippen molar-refractivity contribution in [1.82, 2.24) is 0 Å². The number of aryl methyl sites for hydroxylation is 1. The lowest BCUT2D eigenvalue weighted by Gasteiger charge is -2.35. The molecular formula is C23H26N2O4. The Bertz CT molecular complexity index is 919. The van der Waals surface area contributed by atoms with Gasteiger partial charge in [-0.3, -0.25) is 9.59 Å². The third kappa shape index (κ3) is 4.31. The highest BCUT2D eigenvalue weighted by atomic mass is 16.5. The Hall–Kier alpha value is -3.15. The number of benzene rings is 2. The molecule has 6 heteroatoms. The first kappa shape index (κ1) is 20.6. The highest BCUT2D eigenvalue weighted by Crippen LogP contribution is 2.31. The van der Waals surface area contributed by atoms with E-state index in [2.05, 4.69) is 5.32 Å². The summed E-state index contributed by atoms with van der Waals surface area (Å²) in [6.45, 7) is 5.91. The van der Waals surface area contributed by atoms with Crippen molar-refractivity contribution in [2.24, 2.45) is 5.41 Å². The van der Waals surface area contributed by atoms with E-state index in [1.165, 1.54) is 0 Å². The molecule has 2 amide bonds. The third-order valence-electron chi connectivity index (χ3n) is 5.11. The van der Waals surface area contributed by atoms with Gasteiger partial charge in [-0.05, 0) is 69.5 Å². The summed E-state index contributed by atoms with van der Waals surface area (Å²) in [5.74, 6) is -1.04. The summed E-state index contributed by atoms with van der Waals surface area (Å²) < 4.78 is 4.95. The number of ether oxygens (including phenoxy) is 1. The first-order chi connectivity index (χ1) is 13.8. The van der Waals surface area contributed by atoms with Gasteiger partial charge in [0, 0.05) is 17.9 Å². The predicted molar refractivity (Wildman–Crippen MR) is 112 cm³/mol. The zero-order chi connectivity index (χ0) is 21.0. The van der Waals surface area contributed by atoms with Crippen molar-refractivity contribution in [3.05, 3.63) is 59.7 Å². The van der Waals surface area contributed by atoms with E-state index in [4.69, 9.17) is 4.74 Å². The molecule has 2 aromatic carbocycles. The van der Waals surface area contributed by atoms with Gasteiger partial charge in [-0.1, -0.05) is 18.2 Å². The van der Waals surface area contributed by atoms with Gasteiger partial charge in [0.25, 0.3) is 0 Å². The summed E-state index contributed by atoms with van der Waals surface area (Å²) >= 11 is 0. The maximum atomic E-state index is 13.2. The molecule has 2 aromatic rings. The van der Waals surface area contributed by atoms with Crippen LogP contribution in [-0.2, 0) is 20.7 Å². The number of carbonyl (C=O) groups is 3. The minimum absolute atomic E-state index is 0.231. The molecule has 0 atom stereocenters. The number of esters is 1. The quantitative estimate of drug-likeness (QED) is 0.618. The highest BCUT2D eigenvalue weighted by molar-refractivity contribution is 6.15. The van der Waals surface area contributed by atoms with E-state index in [1.807, 2.05) is 24.3 Å². The van der Waals surface area contributed by atoms with Crippen molar-refractivity contribution in [1.29, 1.82) is 0 Å². The van der Waals surface area contributed by atoms with Gasteiger partial charge < -0.3 is 15.0 Å². The standard InChI is InChI=1S/C23H26N2O4/c1-4-29-20(26)17-11-13-18(14-12-17)24-21(27)23(2,3)22(28)25-15-7-9-16-8-5-6-10-19(16)25/h5-6,8,10-14H,4,7,9,15H2,1-3H3,(H,24,27). The SMILES string of the molecule is CCOC(=O)c1ccc(NC(=O)C(C)(C)C(=O)N2CCCc3ccccc32)cc1. The van der Waals surface area contributed by atoms with Crippen molar-refractivity contribution in [3.63, 3.8) is 0 Å². The van der Waals surface area contributed by atoms with Crippen molar-refractivity contribution in [2.45, 2.75) is 33.6 Å². The van der Waals surface area contributed by atoms with Crippen LogP contribution in [0.2, 0.25) is 0 Å². The minimum Gasteiger partial charge on any atom is -0.462 e. The molecule has 0 saturated carbocycles. The summed E-state index contributed by atoms with van der Waals surface area (Å²) in [5.41, 5.74) is 1.68. The first-order valence-corrected chi connectivity index (χ1v) is 9.83. The monoisotopic (exact) mass is 394 g/mol. The Morgan fingerprint density at radius 1 is 1.07 bits per heavy atom. The smallest absolute Gasteiger partial charge is 0.338 e. The number of hydrogen-bond donors (Lipinski definition) is 1. The molecule has 0 bridgehead atoms. The first-order valence-electron chi connectivity index (χ1n) is 9.83. The van der Waals surface area contributed by atoms with Crippen LogP contribution >= 0.6 is 0 Å². The molecule has 1 heterocycles. The summed E-state index contributed by atoms with van der Waals surface area (Å²) in [6.07, 6.45) is 1.80. The zero-order valence-electron chi connectivity index (χ0n) is 17.0. The Balaban J connectivity index is 1.73. The minimum atomic E-state index is -1.25. The van der Waals surface area contributed by atoms with Crippen LogP contribution in [0.3, 0.4) is 0 Å². The van der Waals surface area contributed by atoms with Crippen LogP contribution in [0.25, 0.3) is 0 Å². The number of carbonyl (C=O) groups excluding carboxylic acids is 3. The van der Waals surface area contributed by atoms with Crippen LogP contribution in [0.5, 0.6) is 0 Å². The van der Waals surface area contributed by atoms with Gasteiger partial charge in [-0.15, -0.1) is 0 Å². The summed E-state index contributed by atoms with van der Waals surface area (Å²) in [5, 5.41) is 2.79. The molecule has 0 saturated heterocycles. The van der Waals surface area contributed by atoms with E-state index in [-0.39, 0.29) is 5.91 Å². The fourth-order valence-electron chi connectivity index (χ4n) is 3.37. The number of anilines is 2. The van der Waals surface area contributed by atoms with Gasteiger partial charge in [0.05, 0.1) is 12.2 Å². The molecule has 1 aliphatic rings. The molecule has 152 valence electrons. The van der Waals surface area contributed by atoms with Gasteiger partial charge >= 0.3 is 5.97 Å². The number of hydrogen-bond acceptors (Lipinski definition) is 4. The molecule has 1 N–H and O–H groups in total. The number of nitrogens with one attached hydrogen (secondary N) is 1. The Morgan fingerprint density at radius 2 is 1.76 bits per heavy atom. The zero-order valence-corrected chi connectivity index (χ0v) is 17.0. The van der Waals surface area contributed by atoms with Crippen LogP contribution in [0, 0.1) is 5.41 Å². The Kier molecular flexibility index (Phi) is 6.01.